The lowest BCUT2D eigenvalue weighted by Gasteiger charge is -2.44. The normalized spacial score (nSPS) is 38.2. The third-order valence-corrected chi connectivity index (χ3v) is 2.64. The van der Waals surface area contributed by atoms with Gasteiger partial charge in [-0.05, 0) is 20.8 Å². The van der Waals surface area contributed by atoms with Crippen molar-refractivity contribution in [3.8, 4) is 0 Å². The van der Waals surface area contributed by atoms with Crippen LogP contribution in [0.2, 0.25) is 0 Å². The van der Waals surface area contributed by atoms with Crippen molar-refractivity contribution in [2.24, 2.45) is 5.92 Å². The third kappa shape index (κ3) is 1.02. The Labute approximate surface area is 72.6 Å². The summed E-state index contributed by atoms with van der Waals surface area (Å²) in [6.07, 6.45) is 2.84. The largest absolute Gasteiger partial charge is 0.367 e. The molecule has 0 spiro atoms. The summed E-state index contributed by atoms with van der Waals surface area (Å²) in [6.45, 7) is 6.10. The summed E-state index contributed by atoms with van der Waals surface area (Å²) in [5.41, 5.74) is 1.01. The number of ether oxygens (including phenoxy) is 1. The molecule has 2 nitrogen and oxygen atoms in total. The lowest BCUT2D eigenvalue weighted by atomic mass is 9.72. The van der Waals surface area contributed by atoms with Crippen LogP contribution in [-0.4, -0.2) is 17.5 Å². The van der Waals surface area contributed by atoms with Crippen molar-refractivity contribution in [2.75, 3.05) is 0 Å². The summed E-state index contributed by atoms with van der Waals surface area (Å²) in [5.74, 6) is 0.419. The van der Waals surface area contributed by atoms with Gasteiger partial charge in [0.2, 0.25) is 0 Å². The fraction of sp³-hybridized carbons (Fsp3) is 0.700. The van der Waals surface area contributed by atoms with E-state index in [4.69, 9.17) is 4.74 Å². The highest BCUT2D eigenvalue weighted by atomic mass is 16.5. The minimum Gasteiger partial charge on any atom is -0.367 e. The Morgan fingerprint density at radius 3 is 2.75 bits per heavy atom. The fourth-order valence-electron chi connectivity index (χ4n) is 2.21. The molecule has 2 heteroatoms. The van der Waals surface area contributed by atoms with E-state index in [9.17, 15) is 4.79 Å². The van der Waals surface area contributed by atoms with Crippen molar-refractivity contribution in [1.29, 1.82) is 0 Å². The Hall–Kier alpha value is -0.630. The molecule has 0 aromatic rings. The summed E-state index contributed by atoms with van der Waals surface area (Å²) in [6, 6.07) is 0. The molecule has 0 bridgehead atoms. The molecule has 2 atom stereocenters. The summed E-state index contributed by atoms with van der Waals surface area (Å²) in [5, 5.41) is 0. The van der Waals surface area contributed by atoms with Crippen LogP contribution in [0, 0.1) is 5.92 Å². The molecule has 12 heavy (non-hydrogen) atoms. The second-order valence-corrected chi connectivity index (χ2v) is 4.30. The lowest BCUT2D eigenvalue weighted by Crippen LogP contribution is -2.51. The Kier molecular flexibility index (Phi) is 1.46. The van der Waals surface area contributed by atoms with Gasteiger partial charge in [0.1, 0.15) is 5.78 Å². The summed E-state index contributed by atoms with van der Waals surface area (Å²) >= 11 is 0. The Morgan fingerprint density at radius 2 is 2.25 bits per heavy atom. The molecular weight excluding hydrogens is 152 g/mol. The number of rotatable bonds is 0. The summed E-state index contributed by atoms with van der Waals surface area (Å²) < 4.78 is 5.72. The Balaban J connectivity index is 2.29. The molecule has 1 saturated carbocycles. The average molecular weight is 166 g/mol. The van der Waals surface area contributed by atoms with Crippen LogP contribution in [0.3, 0.4) is 0 Å². The number of fused-ring (bicyclic) bond motifs is 1. The highest BCUT2D eigenvalue weighted by Crippen LogP contribution is 2.40. The van der Waals surface area contributed by atoms with Gasteiger partial charge in [0.25, 0.3) is 0 Å². The van der Waals surface area contributed by atoms with Crippen LogP contribution in [0.1, 0.15) is 27.2 Å². The average Bonchev–Trinajstić information content (AvgIpc) is 1.80. The van der Waals surface area contributed by atoms with Gasteiger partial charge in [-0.1, -0.05) is 11.6 Å². The van der Waals surface area contributed by atoms with Gasteiger partial charge in [-0.25, -0.2) is 0 Å². The number of carbonyl (C=O) groups excluding carboxylic acids is 1. The predicted molar refractivity (Wildman–Crippen MR) is 45.8 cm³/mol. The molecule has 1 aliphatic carbocycles. The molecular formula is C10H14O2. The van der Waals surface area contributed by atoms with Gasteiger partial charge in [-0.3, -0.25) is 4.79 Å². The zero-order valence-corrected chi connectivity index (χ0v) is 7.76. The van der Waals surface area contributed by atoms with Crippen LogP contribution in [-0.2, 0) is 9.53 Å². The monoisotopic (exact) mass is 166 g/mol. The van der Waals surface area contributed by atoms with E-state index in [1.54, 1.807) is 0 Å². The zero-order chi connectivity index (χ0) is 8.93. The lowest BCUT2D eigenvalue weighted by molar-refractivity contribution is -0.156. The van der Waals surface area contributed by atoms with Crippen LogP contribution in [0.25, 0.3) is 0 Å². The summed E-state index contributed by atoms with van der Waals surface area (Å²) in [7, 11) is 0. The first-order valence-electron chi connectivity index (χ1n) is 4.39. The van der Waals surface area contributed by atoms with E-state index >= 15 is 0 Å². The van der Waals surface area contributed by atoms with Gasteiger partial charge >= 0.3 is 0 Å². The van der Waals surface area contributed by atoms with Crippen LogP contribution in [0.5, 0.6) is 0 Å². The van der Waals surface area contributed by atoms with E-state index in [1.807, 2.05) is 20.8 Å². The van der Waals surface area contributed by atoms with Crippen molar-refractivity contribution in [3.63, 3.8) is 0 Å². The van der Waals surface area contributed by atoms with Gasteiger partial charge in [-0.2, -0.15) is 0 Å². The van der Waals surface area contributed by atoms with Gasteiger partial charge in [-0.15, -0.1) is 0 Å². The van der Waals surface area contributed by atoms with Crippen LogP contribution < -0.4 is 0 Å². The molecule has 0 radical (unpaired) electrons. The fourth-order valence-corrected chi connectivity index (χ4v) is 2.21. The van der Waals surface area contributed by atoms with E-state index in [0.717, 1.165) is 0 Å². The third-order valence-electron chi connectivity index (χ3n) is 2.64. The Morgan fingerprint density at radius 1 is 1.58 bits per heavy atom. The number of hydrogen-bond acceptors (Lipinski definition) is 2. The van der Waals surface area contributed by atoms with E-state index in [-0.39, 0.29) is 17.6 Å². The molecule has 0 aromatic heterocycles. The number of carbonyl (C=O) groups is 1. The van der Waals surface area contributed by atoms with E-state index in [1.165, 1.54) is 5.57 Å². The number of Topliss-reactive ketones (excluding diaryl/α,β-unsaturated/α-hetero) is 1. The highest BCUT2D eigenvalue weighted by molar-refractivity contribution is 5.91. The second-order valence-electron chi connectivity index (χ2n) is 4.30. The van der Waals surface area contributed by atoms with Crippen LogP contribution in [0.15, 0.2) is 11.6 Å². The van der Waals surface area contributed by atoms with Crippen molar-refractivity contribution < 1.29 is 9.53 Å². The molecule has 2 rings (SSSR count). The maximum atomic E-state index is 11.2. The smallest absolute Gasteiger partial charge is 0.145 e. The van der Waals surface area contributed by atoms with Gasteiger partial charge in [0.05, 0.1) is 17.6 Å². The van der Waals surface area contributed by atoms with Gasteiger partial charge in [0.15, 0.2) is 0 Å². The quantitative estimate of drug-likeness (QED) is 0.512. The van der Waals surface area contributed by atoms with Crippen LogP contribution >= 0.6 is 0 Å². The van der Waals surface area contributed by atoms with E-state index in [0.29, 0.717) is 12.2 Å². The number of hydrogen-bond donors (Lipinski definition) is 0. The van der Waals surface area contributed by atoms with Gasteiger partial charge < -0.3 is 4.74 Å². The maximum Gasteiger partial charge on any atom is 0.145 e. The van der Waals surface area contributed by atoms with E-state index < -0.39 is 0 Å². The highest BCUT2D eigenvalue weighted by Gasteiger charge is 2.46. The molecule has 0 N–H and O–H groups in total. The first-order chi connectivity index (χ1) is 5.49. The zero-order valence-electron chi connectivity index (χ0n) is 7.76. The van der Waals surface area contributed by atoms with Crippen molar-refractivity contribution in [3.05, 3.63) is 11.6 Å². The Bertz CT molecular complexity index is 263. The second kappa shape index (κ2) is 2.19. The minimum atomic E-state index is -0.175. The van der Waals surface area contributed by atoms with Crippen molar-refractivity contribution in [1.82, 2.24) is 0 Å². The van der Waals surface area contributed by atoms with Crippen molar-refractivity contribution in [2.45, 2.75) is 38.9 Å². The molecule has 66 valence electrons. The molecule has 2 aliphatic rings. The predicted octanol–water partition coefficient (Wildman–Crippen LogP) is 1.70. The van der Waals surface area contributed by atoms with Gasteiger partial charge in [0, 0.05) is 6.42 Å². The first kappa shape index (κ1) is 7.99. The first-order valence-corrected chi connectivity index (χ1v) is 4.39. The van der Waals surface area contributed by atoms with Crippen molar-refractivity contribution >= 4 is 5.78 Å². The molecule has 0 amide bonds. The molecule has 0 aromatic carbocycles. The molecule has 1 heterocycles. The van der Waals surface area contributed by atoms with E-state index in [2.05, 4.69) is 6.08 Å². The SMILES string of the molecule is CC1=CC(C)(C)O[C@@H]2CC(=O)[C@H]12. The molecule has 0 unspecified atom stereocenters. The number of ketones is 1. The topological polar surface area (TPSA) is 26.3 Å². The molecule has 0 saturated heterocycles. The van der Waals surface area contributed by atoms with Crippen LogP contribution in [0.4, 0.5) is 0 Å². The summed E-state index contributed by atoms with van der Waals surface area (Å²) in [4.78, 5) is 11.2. The standard InChI is InChI=1S/C10H14O2/c1-6-5-10(2,3)12-8-4-7(11)9(6)8/h5,8-9H,4H2,1-3H3/t8-,9+/m1/s1. The maximum absolute atomic E-state index is 11.2. The minimum absolute atomic E-state index is 0.0815. The molecule has 1 fully saturated rings. The molecule has 1 aliphatic heterocycles.